The number of benzene rings is 2. The smallest absolute Gasteiger partial charge is 0.264 e. The SMILES string of the molecule is Cc1ccc(N(C)S(=O)(=O)c2ccc(O)cc2)cc1. The Balaban J connectivity index is 2.39. The molecule has 0 saturated heterocycles. The van der Waals surface area contributed by atoms with Crippen molar-refractivity contribution in [2.45, 2.75) is 11.8 Å². The molecule has 0 heterocycles. The summed E-state index contributed by atoms with van der Waals surface area (Å²) in [6, 6.07) is 12.7. The first-order chi connectivity index (χ1) is 8.91. The lowest BCUT2D eigenvalue weighted by molar-refractivity contribution is 0.475. The lowest BCUT2D eigenvalue weighted by Gasteiger charge is -2.19. The van der Waals surface area contributed by atoms with Crippen LogP contribution in [0.3, 0.4) is 0 Å². The van der Waals surface area contributed by atoms with E-state index in [-0.39, 0.29) is 10.6 Å². The highest BCUT2D eigenvalue weighted by Crippen LogP contribution is 2.23. The van der Waals surface area contributed by atoms with Gasteiger partial charge in [-0.2, -0.15) is 0 Å². The highest BCUT2D eigenvalue weighted by Gasteiger charge is 2.20. The molecule has 100 valence electrons. The molecule has 2 rings (SSSR count). The number of phenols is 1. The number of anilines is 1. The van der Waals surface area contributed by atoms with Crippen LogP contribution >= 0.6 is 0 Å². The molecule has 5 heteroatoms. The van der Waals surface area contributed by atoms with Crippen molar-refractivity contribution in [2.24, 2.45) is 0 Å². The summed E-state index contributed by atoms with van der Waals surface area (Å²) in [6.07, 6.45) is 0. The van der Waals surface area contributed by atoms with Crippen LogP contribution in [0.25, 0.3) is 0 Å². The summed E-state index contributed by atoms with van der Waals surface area (Å²) in [4.78, 5) is 0.147. The van der Waals surface area contributed by atoms with Crippen molar-refractivity contribution in [3.8, 4) is 5.75 Å². The van der Waals surface area contributed by atoms with Crippen LogP contribution in [0, 0.1) is 6.92 Å². The van der Waals surface area contributed by atoms with Crippen LogP contribution in [-0.2, 0) is 10.0 Å². The Hall–Kier alpha value is -2.01. The molecule has 0 unspecified atom stereocenters. The van der Waals surface area contributed by atoms with Gasteiger partial charge in [0.05, 0.1) is 10.6 Å². The van der Waals surface area contributed by atoms with Crippen molar-refractivity contribution in [1.82, 2.24) is 0 Å². The van der Waals surface area contributed by atoms with Crippen molar-refractivity contribution in [2.75, 3.05) is 11.4 Å². The van der Waals surface area contributed by atoms with E-state index in [9.17, 15) is 13.5 Å². The van der Waals surface area contributed by atoms with Gasteiger partial charge in [-0.25, -0.2) is 8.42 Å². The first-order valence-electron chi connectivity index (χ1n) is 5.76. The third-order valence-electron chi connectivity index (χ3n) is 2.89. The maximum absolute atomic E-state index is 12.4. The van der Waals surface area contributed by atoms with Gasteiger partial charge in [0.1, 0.15) is 5.75 Å². The van der Waals surface area contributed by atoms with Crippen molar-refractivity contribution < 1.29 is 13.5 Å². The Morgan fingerprint density at radius 3 is 2.00 bits per heavy atom. The highest BCUT2D eigenvalue weighted by molar-refractivity contribution is 7.92. The van der Waals surface area contributed by atoms with Gasteiger partial charge in [0.2, 0.25) is 0 Å². The van der Waals surface area contributed by atoms with E-state index < -0.39 is 10.0 Å². The molecule has 0 atom stereocenters. The van der Waals surface area contributed by atoms with Crippen LogP contribution in [0.4, 0.5) is 5.69 Å². The van der Waals surface area contributed by atoms with Gasteiger partial charge in [0.25, 0.3) is 10.0 Å². The van der Waals surface area contributed by atoms with E-state index in [1.54, 1.807) is 12.1 Å². The third kappa shape index (κ3) is 2.71. The second-order valence-electron chi connectivity index (χ2n) is 4.30. The Morgan fingerprint density at radius 1 is 0.947 bits per heavy atom. The van der Waals surface area contributed by atoms with E-state index in [0.29, 0.717) is 5.69 Å². The van der Waals surface area contributed by atoms with Crippen LogP contribution in [0.5, 0.6) is 5.75 Å². The largest absolute Gasteiger partial charge is 0.508 e. The Labute approximate surface area is 113 Å². The van der Waals surface area contributed by atoms with Crippen LogP contribution in [0.15, 0.2) is 53.4 Å². The minimum atomic E-state index is -3.60. The Kier molecular flexibility index (Phi) is 3.48. The molecule has 2 aromatic carbocycles. The predicted molar refractivity (Wildman–Crippen MR) is 74.9 cm³/mol. The normalized spacial score (nSPS) is 11.3. The number of sulfonamides is 1. The molecule has 0 aromatic heterocycles. The molecule has 0 saturated carbocycles. The highest BCUT2D eigenvalue weighted by atomic mass is 32.2. The zero-order valence-corrected chi connectivity index (χ0v) is 11.6. The average molecular weight is 277 g/mol. The maximum Gasteiger partial charge on any atom is 0.264 e. The summed E-state index contributed by atoms with van der Waals surface area (Å²) < 4.78 is 26.0. The minimum Gasteiger partial charge on any atom is -0.508 e. The van der Waals surface area contributed by atoms with Gasteiger partial charge in [0, 0.05) is 7.05 Å². The summed E-state index contributed by atoms with van der Waals surface area (Å²) in [5.41, 5.74) is 1.66. The molecule has 0 bridgehead atoms. The molecule has 4 nitrogen and oxygen atoms in total. The van der Waals surface area contributed by atoms with Crippen LogP contribution < -0.4 is 4.31 Å². The van der Waals surface area contributed by atoms with E-state index in [4.69, 9.17) is 0 Å². The quantitative estimate of drug-likeness (QED) is 0.938. The molecule has 0 aliphatic rings. The molecule has 0 radical (unpaired) electrons. The number of aryl methyl sites for hydroxylation is 1. The first kappa shape index (κ1) is 13.4. The van der Waals surface area contributed by atoms with Gasteiger partial charge in [0.15, 0.2) is 0 Å². The van der Waals surface area contributed by atoms with Crippen LogP contribution in [0.2, 0.25) is 0 Å². The second-order valence-corrected chi connectivity index (χ2v) is 6.27. The summed E-state index contributed by atoms with van der Waals surface area (Å²) in [5.74, 6) is 0.0388. The zero-order valence-electron chi connectivity index (χ0n) is 10.7. The van der Waals surface area contributed by atoms with Gasteiger partial charge < -0.3 is 5.11 Å². The maximum atomic E-state index is 12.4. The molecule has 1 N–H and O–H groups in total. The Bertz CT molecular complexity index is 661. The molecular formula is C14H15NO3S. The summed E-state index contributed by atoms with van der Waals surface area (Å²) in [6.45, 7) is 1.94. The van der Waals surface area contributed by atoms with E-state index in [2.05, 4.69) is 0 Å². The van der Waals surface area contributed by atoms with Gasteiger partial charge >= 0.3 is 0 Å². The molecule has 19 heavy (non-hydrogen) atoms. The van der Waals surface area contributed by atoms with Gasteiger partial charge in [-0.15, -0.1) is 0 Å². The number of aromatic hydroxyl groups is 1. The van der Waals surface area contributed by atoms with E-state index in [1.807, 2.05) is 19.1 Å². The summed E-state index contributed by atoms with van der Waals surface area (Å²) in [5, 5.41) is 9.20. The van der Waals surface area contributed by atoms with Gasteiger partial charge in [-0.1, -0.05) is 17.7 Å². The number of nitrogens with zero attached hydrogens (tertiary/aromatic N) is 1. The van der Waals surface area contributed by atoms with Gasteiger partial charge in [-0.05, 0) is 43.3 Å². The Morgan fingerprint density at radius 2 is 1.47 bits per heavy atom. The average Bonchev–Trinajstić information content (AvgIpc) is 2.39. The zero-order chi connectivity index (χ0) is 14.0. The molecule has 0 aliphatic heterocycles. The number of hydrogen-bond acceptors (Lipinski definition) is 3. The molecule has 0 spiro atoms. The topological polar surface area (TPSA) is 57.6 Å². The fourth-order valence-corrected chi connectivity index (χ4v) is 2.87. The predicted octanol–water partition coefficient (Wildman–Crippen LogP) is 2.53. The van der Waals surface area contributed by atoms with Crippen molar-refractivity contribution in [3.63, 3.8) is 0 Å². The van der Waals surface area contributed by atoms with Crippen molar-refractivity contribution in [1.29, 1.82) is 0 Å². The number of hydrogen-bond donors (Lipinski definition) is 1. The minimum absolute atomic E-state index is 0.0388. The van der Waals surface area contributed by atoms with E-state index in [0.717, 1.165) is 5.56 Å². The van der Waals surface area contributed by atoms with E-state index >= 15 is 0 Å². The molecule has 0 aliphatic carbocycles. The van der Waals surface area contributed by atoms with E-state index in [1.165, 1.54) is 35.6 Å². The second kappa shape index (κ2) is 4.93. The summed E-state index contributed by atoms with van der Waals surface area (Å²) >= 11 is 0. The summed E-state index contributed by atoms with van der Waals surface area (Å²) in [7, 11) is -2.09. The molecule has 0 amide bonds. The van der Waals surface area contributed by atoms with Crippen LogP contribution in [-0.4, -0.2) is 20.6 Å². The lowest BCUT2D eigenvalue weighted by Crippen LogP contribution is -2.26. The molecule has 0 fully saturated rings. The number of rotatable bonds is 3. The monoisotopic (exact) mass is 277 g/mol. The first-order valence-corrected chi connectivity index (χ1v) is 7.20. The molecule has 2 aromatic rings. The van der Waals surface area contributed by atoms with Gasteiger partial charge in [-0.3, -0.25) is 4.31 Å². The third-order valence-corrected chi connectivity index (χ3v) is 4.69. The molecular weight excluding hydrogens is 262 g/mol. The van der Waals surface area contributed by atoms with Crippen molar-refractivity contribution in [3.05, 3.63) is 54.1 Å². The fourth-order valence-electron chi connectivity index (χ4n) is 1.67. The lowest BCUT2D eigenvalue weighted by atomic mass is 10.2. The van der Waals surface area contributed by atoms with Crippen LogP contribution in [0.1, 0.15) is 5.56 Å². The van der Waals surface area contributed by atoms with Crippen molar-refractivity contribution >= 4 is 15.7 Å². The fraction of sp³-hybridized carbons (Fsp3) is 0.143. The number of phenolic OH excluding ortho intramolecular Hbond substituents is 1. The standard InChI is InChI=1S/C14H15NO3S/c1-11-3-5-12(6-4-11)15(2)19(17,18)14-9-7-13(16)8-10-14/h3-10,16H,1-2H3.